The lowest BCUT2D eigenvalue weighted by molar-refractivity contribution is -0.114. The summed E-state index contributed by atoms with van der Waals surface area (Å²) in [5.41, 5.74) is 4.22. The largest absolute Gasteiger partial charge is 0.376 e. The van der Waals surface area contributed by atoms with Crippen molar-refractivity contribution in [3.8, 4) is 0 Å². The van der Waals surface area contributed by atoms with Crippen LogP contribution in [-0.4, -0.2) is 25.5 Å². The number of hydrogen-bond acceptors (Lipinski definition) is 3. The lowest BCUT2D eigenvalue weighted by atomic mass is 10.1. The fourth-order valence-corrected chi connectivity index (χ4v) is 3.05. The van der Waals surface area contributed by atoms with Crippen LogP contribution in [0.5, 0.6) is 0 Å². The van der Waals surface area contributed by atoms with Crippen LogP contribution in [0.15, 0.2) is 48.5 Å². The van der Waals surface area contributed by atoms with E-state index in [2.05, 4.69) is 27.7 Å². The highest BCUT2D eigenvalue weighted by molar-refractivity contribution is 5.93. The number of carbonyl (C=O) groups is 1. The van der Waals surface area contributed by atoms with Crippen LogP contribution < -0.4 is 15.5 Å². The van der Waals surface area contributed by atoms with E-state index >= 15 is 0 Å². The average molecular weight is 323 g/mol. The number of amides is 1. The molecule has 2 aromatic carbocycles. The molecule has 4 nitrogen and oxygen atoms in total. The molecule has 0 spiro atoms. The van der Waals surface area contributed by atoms with Crippen molar-refractivity contribution in [2.75, 3.05) is 35.2 Å². The van der Waals surface area contributed by atoms with Crippen LogP contribution in [0.2, 0.25) is 0 Å². The van der Waals surface area contributed by atoms with E-state index in [0.717, 1.165) is 24.5 Å². The van der Waals surface area contributed by atoms with Gasteiger partial charge in [0.15, 0.2) is 0 Å². The van der Waals surface area contributed by atoms with Crippen LogP contribution in [0.3, 0.4) is 0 Å². The highest BCUT2D eigenvalue weighted by Gasteiger charge is 2.10. The van der Waals surface area contributed by atoms with Gasteiger partial charge in [-0.25, -0.2) is 0 Å². The topological polar surface area (TPSA) is 44.4 Å². The Kier molecular flexibility index (Phi) is 5.36. The number of piperidine rings is 1. The second kappa shape index (κ2) is 7.86. The smallest absolute Gasteiger partial charge is 0.243 e. The van der Waals surface area contributed by atoms with Crippen molar-refractivity contribution >= 4 is 23.0 Å². The first-order chi connectivity index (χ1) is 11.7. The third kappa shape index (κ3) is 4.51. The molecule has 2 N–H and O–H groups in total. The normalized spacial score (nSPS) is 14.3. The van der Waals surface area contributed by atoms with Gasteiger partial charge in [0.05, 0.1) is 6.54 Å². The Labute approximate surface area is 143 Å². The van der Waals surface area contributed by atoms with Crippen molar-refractivity contribution in [1.29, 1.82) is 0 Å². The molecule has 0 bridgehead atoms. The van der Waals surface area contributed by atoms with E-state index in [-0.39, 0.29) is 12.5 Å². The first-order valence-corrected chi connectivity index (χ1v) is 8.66. The maximum Gasteiger partial charge on any atom is 0.243 e. The molecule has 0 atom stereocenters. The average Bonchev–Trinajstić information content (AvgIpc) is 2.61. The molecule has 3 rings (SSSR count). The molecule has 24 heavy (non-hydrogen) atoms. The van der Waals surface area contributed by atoms with Gasteiger partial charge in [-0.05, 0) is 68.1 Å². The summed E-state index contributed by atoms with van der Waals surface area (Å²) in [4.78, 5) is 14.5. The maximum absolute atomic E-state index is 12.1. The minimum atomic E-state index is -0.0396. The molecule has 0 aromatic heterocycles. The Balaban J connectivity index is 1.50. The molecular weight excluding hydrogens is 298 g/mol. The van der Waals surface area contributed by atoms with Crippen molar-refractivity contribution in [3.05, 3.63) is 54.1 Å². The van der Waals surface area contributed by atoms with Crippen molar-refractivity contribution in [2.24, 2.45) is 0 Å². The molecule has 1 amide bonds. The Morgan fingerprint density at radius 3 is 2.46 bits per heavy atom. The Morgan fingerprint density at radius 1 is 1.00 bits per heavy atom. The summed E-state index contributed by atoms with van der Waals surface area (Å²) in [6, 6.07) is 16.2. The number of anilines is 3. The van der Waals surface area contributed by atoms with Gasteiger partial charge in [0, 0.05) is 30.2 Å². The Hall–Kier alpha value is -2.49. The third-order valence-corrected chi connectivity index (χ3v) is 4.34. The molecule has 1 aliphatic heterocycles. The van der Waals surface area contributed by atoms with E-state index in [0.29, 0.717) is 0 Å². The molecule has 1 aliphatic rings. The van der Waals surface area contributed by atoms with Gasteiger partial charge < -0.3 is 15.5 Å². The molecule has 1 heterocycles. The maximum atomic E-state index is 12.1. The van der Waals surface area contributed by atoms with Crippen LogP contribution in [0, 0.1) is 6.92 Å². The van der Waals surface area contributed by atoms with Gasteiger partial charge in [-0.2, -0.15) is 0 Å². The standard InChI is InChI=1S/C20H25N3O/c1-16-6-5-7-18(14-16)21-15-20(24)22-17-8-10-19(11-9-17)23-12-3-2-4-13-23/h5-11,14,21H,2-4,12-13,15H2,1H3,(H,22,24). The number of hydrogen-bond donors (Lipinski definition) is 2. The summed E-state index contributed by atoms with van der Waals surface area (Å²) >= 11 is 0. The minimum absolute atomic E-state index is 0.0396. The molecule has 0 aliphatic carbocycles. The van der Waals surface area contributed by atoms with Gasteiger partial charge in [0.1, 0.15) is 0 Å². The number of nitrogens with zero attached hydrogens (tertiary/aromatic N) is 1. The fourth-order valence-electron chi connectivity index (χ4n) is 3.05. The molecule has 1 saturated heterocycles. The molecule has 2 aromatic rings. The number of aryl methyl sites for hydroxylation is 1. The van der Waals surface area contributed by atoms with Gasteiger partial charge in [-0.1, -0.05) is 12.1 Å². The summed E-state index contributed by atoms with van der Waals surface area (Å²) < 4.78 is 0. The number of nitrogens with one attached hydrogen (secondary N) is 2. The fraction of sp³-hybridized carbons (Fsp3) is 0.350. The van der Waals surface area contributed by atoms with Gasteiger partial charge in [0.2, 0.25) is 5.91 Å². The van der Waals surface area contributed by atoms with Crippen molar-refractivity contribution in [3.63, 3.8) is 0 Å². The van der Waals surface area contributed by atoms with E-state index in [1.807, 2.05) is 43.3 Å². The lowest BCUT2D eigenvalue weighted by Crippen LogP contribution is -2.29. The zero-order valence-electron chi connectivity index (χ0n) is 14.2. The number of benzene rings is 2. The zero-order valence-corrected chi connectivity index (χ0v) is 14.2. The Bertz CT molecular complexity index is 676. The van der Waals surface area contributed by atoms with Gasteiger partial charge in [-0.15, -0.1) is 0 Å². The Morgan fingerprint density at radius 2 is 1.75 bits per heavy atom. The van der Waals surface area contributed by atoms with Crippen LogP contribution in [-0.2, 0) is 4.79 Å². The van der Waals surface area contributed by atoms with E-state index in [1.165, 1.54) is 30.5 Å². The van der Waals surface area contributed by atoms with E-state index in [9.17, 15) is 4.79 Å². The quantitative estimate of drug-likeness (QED) is 0.873. The second-order valence-electron chi connectivity index (χ2n) is 6.37. The third-order valence-electron chi connectivity index (χ3n) is 4.34. The van der Waals surface area contributed by atoms with Gasteiger partial charge >= 0.3 is 0 Å². The predicted molar refractivity (Wildman–Crippen MR) is 101 cm³/mol. The second-order valence-corrected chi connectivity index (χ2v) is 6.37. The van der Waals surface area contributed by atoms with Crippen molar-refractivity contribution in [1.82, 2.24) is 0 Å². The van der Waals surface area contributed by atoms with E-state index in [4.69, 9.17) is 0 Å². The SMILES string of the molecule is Cc1cccc(NCC(=O)Nc2ccc(N3CCCCC3)cc2)c1. The van der Waals surface area contributed by atoms with Crippen molar-refractivity contribution in [2.45, 2.75) is 26.2 Å². The van der Waals surface area contributed by atoms with Crippen LogP contribution >= 0.6 is 0 Å². The minimum Gasteiger partial charge on any atom is -0.376 e. The molecule has 126 valence electrons. The first-order valence-electron chi connectivity index (χ1n) is 8.66. The molecule has 0 unspecified atom stereocenters. The summed E-state index contributed by atoms with van der Waals surface area (Å²) in [6.07, 6.45) is 3.87. The molecule has 1 fully saturated rings. The van der Waals surface area contributed by atoms with Crippen LogP contribution in [0.25, 0.3) is 0 Å². The predicted octanol–water partition coefficient (Wildman–Crippen LogP) is 4.04. The summed E-state index contributed by atoms with van der Waals surface area (Å²) in [5.74, 6) is -0.0396. The highest BCUT2D eigenvalue weighted by Crippen LogP contribution is 2.21. The molecule has 0 radical (unpaired) electrons. The molecule has 4 heteroatoms. The summed E-state index contributed by atoms with van der Waals surface area (Å²) in [7, 11) is 0. The van der Waals surface area contributed by atoms with E-state index < -0.39 is 0 Å². The lowest BCUT2D eigenvalue weighted by Gasteiger charge is -2.28. The molecule has 0 saturated carbocycles. The number of rotatable bonds is 5. The van der Waals surface area contributed by atoms with Gasteiger partial charge in [0.25, 0.3) is 0 Å². The van der Waals surface area contributed by atoms with E-state index in [1.54, 1.807) is 0 Å². The van der Waals surface area contributed by atoms with Crippen LogP contribution in [0.1, 0.15) is 24.8 Å². The van der Waals surface area contributed by atoms with Gasteiger partial charge in [-0.3, -0.25) is 4.79 Å². The first kappa shape index (κ1) is 16.4. The van der Waals surface area contributed by atoms with Crippen LogP contribution in [0.4, 0.5) is 17.1 Å². The van der Waals surface area contributed by atoms with Crippen molar-refractivity contribution < 1.29 is 4.79 Å². The highest BCUT2D eigenvalue weighted by atomic mass is 16.1. The number of carbonyl (C=O) groups excluding carboxylic acids is 1. The summed E-state index contributed by atoms with van der Waals surface area (Å²) in [6.45, 7) is 4.56. The molecular formula is C20H25N3O. The zero-order chi connectivity index (χ0) is 16.8. The summed E-state index contributed by atoms with van der Waals surface area (Å²) in [5, 5.41) is 6.09. The monoisotopic (exact) mass is 323 g/mol.